The third-order valence-corrected chi connectivity index (χ3v) is 3.92. The highest BCUT2D eigenvalue weighted by Crippen LogP contribution is 2.54. The molecule has 2 N–H and O–H groups in total. The number of nitrogens with two attached hydrogens (primary N) is 1. The molecule has 2 bridgehead atoms. The minimum atomic E-state index is 0.0163. The fraction of sp³-hybridized carbons (Fsp3) is 0.889. The van der Waals surface area contributed by atoms with E-state index >= 15 is 0 Å². The van der Waals surface area contributed by atoms with Crippen molar-refractivity contribution in [3.63, 3.8) is 0 Å². The number of hydrogen-bond acceptors (Lipinski definition) is 3. The smallest absolute Gasteiger partial charge is 0.309 e. The largest absolute Gasteiger partial charge is 0.465 e. The van der Waals surface area contributed by atoms with Gasteiger partial charge < -0.3 is 10.5 Å². The molecule has 2 saturated carbocycles. The lowest BCUT2D eigenvalue weighted by Crippen LogP contribution is -2.37. The van der Waals surface area contributed by atoms with E-state index in [1.54, 1.807) is 0 Å². The van der Waals surface area contributed by atoms with Crippen LogP contribution in [0.5, 0.6) is 0 Å². The van der Waals surface area contributed by atoms with Crippen LogP contribution in [0.1, 0.15) is 12.8 Å². The number of rotatable bonds is 0. The van der Waals surface area contributed by atoms with Gasteiger partial charge >= 0.3 is 5.97 Å². The molecule has 5 unspecified atom stereocenters. The van der Waals surface area contributed by atoms with Crippen LogP contribution in [-0.2, 0) is 9.53 Å². The monoisotopic (exact) mass is 167 g/mol. The summed E-state index contributed by atoms with van der Waals surface area (Å²) >= 11 is 0. The predicted molar refractivity (Wildman–Crippen MR) is 42.1 cm³/mol. The molecule has 0 aromatic carbocycles. The summed E-state index contributed by atoms with van der Waals surface area (Å²) in [7, 11) is 0. The topological polar surface area (TPSA) is 52.3 Å². The minimum absolute atomic E-state index is 0.0163. The normalized spacial score (nSPS) is 55.8. The molecule has 0 aromatic heterocycles. The van der Waals surface area contributed by atoms with Crippen molar-refractivity contribution in [1.82, 2.24) is 0 Å². The van der Waals surface area contributed by atoms with Gasteiger partial charge in [0.1, 0.15) is 0 Å². The molecular formula is C9H13NO2. The van der Waals surface area contributed by atoms with Crippen LogP contribution in [0.2, 0.25) is 0 Å². The Bertz CT molecular complexity index is 241. The Morgan fingerprint density at radius 3 is 3.00 bits per heavy atom. The lowest BCUT2D eigenvalue weighted by Gasteiger charge is -2.25. The van der Waals surface area contributed by atoms with Crippen LogP contribution >= 0.6 is 0 Å². The number of carbonyl (C=O) groups is 1. The number of hydrogen-bond donors (Lipinski definition) is 1. The third kappa shape index (κ3) is 0.637. The average molecular weight is 167 g/mol. The maximum absolute atomic E-state index is 11.3. The zero-order chi connectivity index (χ0) is 8.29. The lowest BCUT2D eigenvalue weighted by atomic mass is 9.79. The molecule has 1 saturated heterocycles. The van der Waals surface area contributed by atoms with Gasteiger partial charge in [-0.1, -0.05) is 0 Å². The molecule has 0 amide bonds. The van der Waals surface area contributed by atoms with Gasteiger partial charge in [0.2, 0.25) is 0 Å². The van der Waals surface area contributed by atoms with E-state index in [1.807, 2.05) is 0 Å². The first kappa shape index (κ1) is 6.89. The van der Waals surface area contributed by atoms with Crippen LogP contribution in [0.3, 0.4) is 0 Å². The van der Waals surface area contributed by atoms with Crippen molar-refractivity contribution < 1.29 is 9.53 Å². The van der Waals surface area contributed by atoms with E-state index in [2.05, 4.69) is 0 Å². The van der Waals surface area contributed by atoms with E-state index in [1.165, 1.54) is 6.42 Å². The van der Waals surface area contributed by atoms with E-state index in [9.17, 15) is 4.79 Å². The quantitative estimate of drug-likeness (QED) is 0.522. The van der Waals surface area contributed by atoms with Crippen LogP contribution in [-0.4, -0.2) is 18.6 Å². The molecule has 0 spiro atoms. The summed E-state index contributed by atoms with van der Waals surface area (Å²) in [5.41, 5.74) is 5.93. The Morgan fingerprint density at radius 1 is 1.33 bits per heavy atom. The van der Waals surface area contributed by atoms with Gasteiger partial charge in [0, 0.05) is 12.0 Å². The third-order valence-electron chi connectivity index (χ3n) is 3.92. The molecular weight excluding hydrogens is 154 g/mol. The molecule has 3 rings (SSSR count). The zero-order valence-corrected chi connectivity index (χ0v) is 6.90. The van der Waals surface area contributed by atoms with Crippen molar-refractivity contribution >= 4 is 5.97 Å². The van der Waals surface area contributed by atoms with Crippen molar-refractivity contribution in [2.75, 3.05) is 6.61 Å². The van der Waals surface area contributed by atoms with Gasteiger partial charge in [-0.15, -0.1) is 0 Å². The summed E-state index contributed by atoms with van der Waals surface area (Å²) in [5.74, 6) is 1.82. The summed E-state index contributed by atoms with van der Waals surface area (Å²) in [6.45, 7) is 0.664. The Hall–Kier alpha value is -0.570. The van der Waals surface area contributed by atoms with Crippen molar-refractivity contribution in [3.8, 4) is 0 Å². The molecule has 1 heterocycles. The van der Waals surface area contributed by atoms with Crippen molar-refractivity contribution in [2.45, 2.75) is 18.9 Å². The standard InChI is InChI=1S/C9H13NO2/c10-7-2-4-1-5(7)8-6(4)3-12-9(8)11/h4-8H,1-3,10H2. The fourth-order valence-corrected chi connectivity index (χ4v) is 3.38. The zero-order valence-electron chi connectivity index (χ0n) is 6.90. The first-order valence-corrected chi connectivity index (χ1v) is 4.69. The van der Waals surface area contributed by atoms with Gasteiger partial charge in [0.05, 0.1) is 12.5 Å². The maximum atomic E-state index is 11.3. The molecule has 3 nitrogen and oxygen atoms in total. The number of esters is 1. The molecule has 1 aliphatic heterocycles. The van der Waals surface area contributed by atoms with Crippen molar-refractivity contribution in [2.24, 2.45) is 29.4 Å². The highest BCUT2D eigenvalue weighted by atomic mass is 16.5. The minimum Gasteiger partial charge on any atom is -0.465 e. The van der Waals surface area contributed by atoms with E-state index in [-0.39, 0.29) is 17.9 Å². The van der Waals surface area contributed by atoms with Crippen LogP contribution in [0.25, 0.3) is 0 Å². The van der Waals surface area contributed by atoms with Crippen LogP contribution in [0.15, 0.2) is 0 Å². The van der Waals surface area contributed by atoms with Gasteiger partial charge in [0.15, 0.2) is 0 Å². The maximum Gasteiger partial charge on any atom is 0.309 e. The van der Waals surface area contributed by atoms with Crippen molar-refractivity contribution in [3.05, 3.63) is 0 Å². The van der Waals surface area contributed by atoms with E-state index < -0.39 is 0 Å². The Kier molecular flexibility index (Phi) is 1.16. The molecule has 2 aliphatic carbocycles. The second-order valence-corrected chi connectivity index (χ2v) is 4.38. The Balaban J connectivity index is 1.95. The van der Waals surface area contributed by atoms with Crippen LogP contribution in [0.4, 0.5) is 0 Å². The highest BCUT2D eigenvalue weighted by molar-refractivity contribution is 5.76. The molecule has 0 radical (unpaired) electrons. The predicted octanol–water partition coefficient (Wildman–Crippen LogP) is 0.143. The molecule has 3 heteroatoms. The summed E-state index contributed by atoms with van der Waals surface area (Å²) in [4.78, 5) is 11.3. The first-order valence-electron chi connectivity index (χ1n) is 4.69. The SMILES string of the molecule is NC1CC2CC1C1C(=O)OCC21. The average Bonchev–Trinajstić information content (AvgIpc) is 2.62. The summed E-state index contributed by atoms with van der Waals surface area (Å²) < 4.78 is 5.05. The second-order valence-electron chi connectivity index (χ2n) is 4.38. The first-order chi connectivity index (χ1) is 5.77. The van der Waals surface area contributed by atoms with Gasteiger partial charge in [-0.05, 0) is 24.7 Å². The second kappa shape index (κ2) is 2.02. The highest BCUT2D eigenvalue weighted by Gasteiger charge is 2.58. The van der Waals surface area contributed by atoms with Gasteiger partial charge in [0.25, 0.3) is 0 Å². The number of fused-ring (bicyclic) bond motifs is 5. The van der Waals surface area contributed by atoms with E-state index in [0.29, 0.717) is 24.4 Å². The molecule has 66 valence electrons. The number of carbonyl (C=O) groups excluding carboxylic acids is 1. The van der Waals surface area contributed by atoms with Gasteiger partial charge in [-0.2, -0.15) is 0 Å². The molecule has 12 heavy (non-hydrogen) atoms. The van der Waals surface area contributed by atoms with Crippen molar-refractivity contribution in [1.29, 1.82) is 0 Å². The molecule has 3 aliphatic rings. The van der Waals surface area contributed by atoms with Gasteiger partial charge in [-0.25, -0.2) is 0 Å². The van der Waals surface area contributed by atoms with E-state index in [0.717, 1.165) is 6.42 Å². The summed E-state index contributed by atoms with van der Waals surface area (Å²) in [6, 6.07) is 0.266. The van der Waals surface area contributed by atoms with E-state index in [4.69, 9.17) is 10.5 Å². The number of ether oxygens (including phenoxy) is 1. The lowest BCUT2D eigenvalue weighted by molar-refractivity contribution is -0.142. The van der Waals surface area contributed by atoms with Crippen LogP contribution in [0, 0.1) is 23.7 Å². The molecule has 5 atom stereocenters. The Labute approximate surface area is 71.3 Å². The number of cyclic esters (lactones) is 1. The fourth-order valence-electron chi connectivity index (χ4n) is 3.38. The summed E-state index contributed by atoms with van der Waals surface area (Å²) in [5, 5.41) is 0. The van der Waals surface area contributed by atoms with Crippen LogP contribution < -0.4 is 5.73 Å². The molecule has 0 aromatic rings. The van der Waals surface area contributed by atoms with Gasteiger partial charge in [-0.3, -0.25) is 4.79 Å². The Morgan fingerprint density at radius 2 is 2.17 bits per heavy atom. The molecule has 3 fully saturated rings. The summed E-state index contributed by atoms with van der Waals surface area (Å²) in [6.07, 6.45) is 2.29.